The minimum absolute atomic E-state index is 0.0127. The second kappa shape index (κ2) is 7.50. The molecule has 0 N–H and O–H groups in total. The van der Waals surface area contributed by atoms with Gasteiger partial charge in [0, 0.05) is 6.04 Å². The summed E-state index contributed by atoms with van der Waals surface area (Å²) >= 11 is 3.46. The quantitative estimate of drug-likeness (QED) is 0.752. The van der Waals surface area contributed by atoms with E-state index in [0.717, 1.165) is 15.8 Å². The number of hydrogen-bond donors (Lipinski definition) is 0. The number of ether oxygens (including phenoxy) is 2. The lowest BCUT2D eigenvalue weighted by Gasteiger charge is -2.24. The Kier molecular flexibility index (Phi) is 6.31. The number of methoxy groups -OCH3 is 1. The van der Waals surface area contributed by atoms with Crippen molar-refractivity contribution in [3.63, 3.8) is 0 Å². The molecule has 0 bridgehead atoms. The zero-order chi connectivity index (χ0) is 14.4. The summed E-state index contributed by atoms with van der Waals surface area (Å²) in [5.41, 5.74) is 1.05. The van der Waals surface area contributed by atoms with E-state index in [2.05, 4.69) is 15.9 Å². The largest absolute Gasteiger partial charge is 0.496 e. The van der Waals surface area contributed by atoms with E-state index in [9.17, 15) is 4.79 Å². The summed E-state index contributed by atoms with van der Waals surface area (Å²) in [5, 5.41) is 0. The van der Waals surface area contributed by atoms with Crippen molar-refractivity contribution in [3.8, 4) is 5.75 Å². The lowest BCUT2D eigenvalue weighted by molar-refractivity contribution is -0.144. The van der Waals surface area contributed by atoms with E-state index in [1.807, 2.05) is 44.1 Å². The van der Waals surface area contributed by atoms with E-state index in [-0.39, 0.29) is 12.0 Å². The Morgan fingerprint density at radius 3 is 2.58 bits per heavy atom. The summed E-state index contributed by atoms with van der Waals surface area (Å²) < 4.78 is 11.1. The molecule has 4 nitrogen and oxygen atoms in total. The third kappa shape index (κ3) is 4.51. The maximum atomic E-state index is 11.7. The number of esters is 1. The Hall–Kier alpha value is -1.07. The van der Waals surface area contributed by atoms with Crippen LogP contribution in [0.1, 0.15) is 24.9 Å². The second-order valence-corrected chi connectivity index (χ2v) is 5.24. The molecule has 106 valence electrons. The molecule has 0 saturated heterocycles. The number of nitrogens with zero attached hydrogens (tertiary/aromatic N) is 1. The van der Waals surface area contributed by atoms with E-state index in [4.69, 9.17) is 9.47 Å². The highest BCUT2D eigenvalue weighted by atomic mass is 79.9. The van der Waals surface area contributed by atoms with Crippen molar-refractivity contribution in [1.29, 1.82) is 0 Å². The number of rotatable bonds is 6. The van der Waals surface area contributed by atoms with E-state index < -0.39 is 0 Å². The van der Waals surface area contributed by atoms with Crippen LogP contribution < -0.4 is 4.74 Å². The fourth-order valence-electron chi connectivity index (χ4n) is 1.87. The molecule has 0 fully saturated rings. The molecule has 0 aliphatic rings. The van der Waals surface area contributed by atoms with Crippen LogP contribution >= 0.6 is 15.9 Å². The molecule has 0 aliphatic heterocycles. The van der Waals surface area contributed by atoms with Crippen LogP contribution in [0.3, 0.4) is 0 Å². The maximum absolute atomic E-state index is 11.7. The molecule has 5 heteroatoms. The molecule has 0 spiro atoms. The Morgan fingerprint density at radius 2 is 2.11 bits per heavy atom. The van der Waals surface area contributed by atoms with Crippen molar-refractivity contribution in [3.05, 3.63) is 28.2 Å². The number of halogens is 1. The van der Waals surface area contributed by atoms with E-state index >= 15 is 0 Å². The summed E-state index contributed by atoms with van der Waals surface area (Å²) in [7, 11) is 5.52. The summed E-state index contributed by atoms with van der Waals surface area (Å²) in [4.78, 5) is 13.7. The van der Waals surface area contributed by atoms with Gasteiger partial charge in [-0.2, -0.15) is 0 Å². The highest BCUT2D eigenvalue weighted by Crippen LogP contribution is 2.31. The molecule has 0 saturated carbocycles. The standard InChI is InChI=1S/C14H20BrNO3/c1-5-19-14(17)9-12(16(2)3)10-6-7-13(18-4)11(15)8-10/h6-8,12H,5,9H2,1-4H3. The molecule has 0 aromatic heterocycles. The van der Waals surface area contributed by atoms with Crippen molar-refractivity contribution < 1.29 is 14.3 Å². The molecule has 19 heavy (non-hydrogen) atoms. The van der Waals surface area contributed by atoms with Gasteiger partial charge in [0.25, 0.3) is 0 Å². The molecule has 1 aromatic carbocycles. The topological polar surface area (TPSA) is 38.8 Å². The van der Waals surface area contributed by atoms with Crippen molar-refractivity contribution in [2.45, 2.75) is 19.4 Å². The van der Waals surface area contributed by atoms with Crippen molar-refractivity contribution in [1.82, 2.24) is 4.90 Å². The average Bonchev–Trinajstić information content (AvgIpc) is 2.36. The monoisotopic (exact) mass is 329 g/mol. The van der Waals surface area contributed by atoms with Gasteiger partial charge in [0.2, 0.25) is 0 Å². The molecule has 0 amide bonds. The third-order valence-electron chi connectivity index (χ3n) is 2.85. The lowest BCUT2D eigenvalue weighted by Crippen LogP contribution is -2.23. The molecule has 0 radical (unpaired) electrons. The maximum Gasteiger partial charge on any atom is 0.307 e. The van der Waals surface area contributed by atoms with Crippen LogP contribution in [0.4, 0.5) is 0 Å². The summed E-state index contributed by atoms with van der Waals surface area (Å²) in [6.45, 7) is 2.22. The number of hydrogen-bond acceptors (Lipinski definition) is 4. The summed E-state index contributed by atoms with van der Waals surface area (Å²) in [6.07, 6.45) is 0.333. The van der Waals surface area contributed by atoms with Gasteiger partial charge in [0.15, 0.2) is 0 Å². The zero-order valence-corrected chi connectivity index (χ0v) is 13.4. The predicted octanol–water partition coefficient (Wildman–Crippen LogP) is 3.01. The first kappa shape index (κ1) is 16.0. The van der Waals surface area contributed by atoms with E-state index in [1.54, 1.807) is 7.11 Å². The molecule has 1 rings (SSSR count). The van der Waals surface area contributed by atoms with Gasteiger partial charge in [0.1, 0.15) is 5.75 Å². The van der Waals surface area contributed by atoms with E-state index in [1.165, 1.54) is 0 Å². The van der Waals surface area contributed by atoms with Gasteiger partial charge >= 0.3 is 5.97 Å². The lowest BCUT2D eigenvalue weighted by atomic mass is 10.0. The molecular weight excluding hydrogens is 310 g/mol. The Morgan fingerprint density at radius 1 is 1.42 bits per heavy atom. The van der Waals surface area contributed by atoms with Crippen LogP contribution in [0.15, 0.2) is 22.7 Å². The van der Waals surface area contributed by atoms with Crippen molar-refractivity contribution >= 4 is 21.9 Å². The van der Waals surface area contributed by atoms with Gasteiger partial charge in [0.05, 0.1) is 24.6 Å². The second-order valence-electron chi connectivity index (χ2n) is 4.38. The molecule has 1 atom stereocenters. The molecule has 0 aliphatic carbocycles. The van der Waals surface area contributed by atoms with Crippen molar-refractivity contribution in [2.24, 2.45) is 0 Å². The van der Waals surface area contributed by atoms with Gasteiger partial charge < -0.3 is 14.4 Å². The first-order valence-corrected chi connectivity index (χ1v) is 6.94. The first-order chi connectivity index (χ1) is 8.99. The van der Waals surface area contributed by atoms with Gasteiger partial charge in [-0.15, -0.1) is 0 Å². The smallest absolute Gasteiger partial charge is 0.307 e. The SMILES string of the molecule is CCOC(=O)CC(c1ccc(OC)c(Br)c1)N(C)C. The normalized spacial score (nSPS) is 12.3. The van der Waals surface area contributed by atoms with Gasteiger partial charge in [-0.3, -0.25) is 4.79 Å². The van der Waals surface area contributed by atoms with Crippen LogP contribution in [-0.2, 0) is 9.53 Å². The number of carbonyl (C=O) groups is 1. The Bertz CT molecular complexity index is 435. The van der Waals surface area contributed by atoms with Crippen molar-refractivity contribution in [2.75, 3.05) is 27.8 Å². The fraction of sp³-hybridized carbons (Fsp3) is 0.500. The Labute approximate surface area is 122 Å². The van der Waals surface area contributed by atoms with Gasteiger partial charge in [-0.05, 0) is 54.6 Å². The van der Waals surface area contributed by atoms with Crippen LogP contribution in [0.25, 0.3) is 0 Å². The molecule has 0 heterocycles. The third-order valence-corrected chi connectivity index (χ3v) is 3.47. The number of benzene rings is 1. The Balaban J connectivity index is 2.93. The zero-order valence-electron chi connectivity index (χ0n) is 11.8. The van der Waals surface area contributed by atoms with Crippen LogP contribution in [-0.4, -0.2) is 38.7 Å². The summed E-state index contributed by atoms with van der Waals surface area (Å²) in [6, 6.07) is 5.82. The predicted molar refractivity (Wildman–Crippen MR) is 78.4 cm³/mol. The molecule has 1 unspecified atom stereocenters. The van der Waals surface area contributed by atoms with E-state index in [0.29, 0.717) is 13.0 Å². The van der Waals surface area contributed by atoms with Gasteiger partial charge in [-0.1, -0.05) is 6.07 Å². The van der Waals surface area contributed by atoms with Crippen LogP contribution in [0.5, 0.6) is 5.75 Å². The molecule has 1 aromatic rings. The highest BCUT2D eigenvalue weighted by Gasteiger charge is 2.20. The summed E-state index contributed by atoms with van der Waals surface area (Å²) in [5.74, 6) is 0.588. The minimum atomic E-state index is -0.187. The minimum Gasteiger partial charge on any atom is -0.496 e. The average molecular weight is 330 g/mol. The fourth-order valence-corrected chi connectivity index (χ4v) is 2.42. The first-order valence-electron chi connectivity index (χ1n) is 6.15. The molecular formula is C14H20BrNO3. The number of carbonyl (C=O) groups excluding carboxylic acids is 1. The van der Waals surface area contributed by atoms with Crippen LogP contribution in [0.2, 0.25) is 0 Å². The highest BCUT2D eigenvalue weighted by molar-refractivity contribution is 9.10. The van der Waals surface area contributed by atoms with Gasteiger partial charge in [-0.25, -0.2) is 0 Å². The van der Waals surface area contributed by atoms with Crippen LogP contribution in [0, 0.1) is 0 Å².